The van der Waals surface area contributed by atoms with Crippen molar-refractivity contribution in [2.75, 3.05) is 11.4 Å². The molecule has 9 heteroatoms. The second-order valence-electron chi connectivity index (χ2n) is 10.5. The van der Waals surface area contributed by atoms with Crippen LogP contribution in [0.25, 0.3) is 11.3 Å². The molecule has 0 amide bonds. The molecule has 37 heavy (non-hydrogen) atoms. The minimum absolute atomic E-state index is 0.0113. The number of anilines is 1. The average Bonchev–Trinajstić information content (AvgIpc) is 3.29. The molecule has 6 nitrogen and oxygen atoms in total. The number of H-pyrrole nitrogens is 1. The molecule has 2 aromatic carbocycles. The summed E-state index contributed by atoms with van der Waals surface area (Å²) >= 11 is 0. The highest BCUT2D eigenvalue weighted by Crippen LogP contribution is 2.44. The van der Waals surface area contributed by atoms with Gasteiger partial charge in [-0.1, -0.05) is 6.07 Å². The van der Waals surface area contributed by atoms with Gasteiger partial charge in [0.1, 0.15) is 17.5 Å². The molecule has 0 radical (unpaired) electrons. The van der Waals surface area contributed by atoms with Gasteiger partial charge in [-0.25, -0.2) is 13.2 Å². The number of nitrogens with zero attached hydrogens (tertiary/aromatic N) is 2. The van der Waals surface area contributed by atoms with Gasteiger partial charge in [-0.05, 0) is 79.5 Å². The van der Waals surface area contributed by atoms with E-state index in [1.54, 1.807) is 18.2 Å². The molecule has 3 aliphatic rings. The number of hydrogen-bond donors (Lipinski definition) is 2. The van der Waals surface area contributed by atoms with Gasteiger partial charge in [-0.15, -0.1) is 0 Å². The zero-order valence-corrected chi connectivity index (χ0v) is 20.2. The molecular formula is C28H28F3N3O3. The number of piperidine rings is 1. The number of fused-ring (bicyclic) bond motifs is 2. The molecule has 1 saturated heterocycles. The van der Waals surface area contributed by atoms with E-state index >= 15 is 0 Å². The first kappa shape index (κ1) is 24.0. The Labute approximate surface area is 212 Å². The molecule has 0 spiro atoms. The monoisotopic (exact) mass is 511 g/mol. The first-order valence-electron chi connectivity index (χ1n) is 12.8. The second-order valence-corrected chi connectivity index (χ2v) is 10.5. The standard InChI is InChI=1S/C28H28F3N3O3/c29-21-7-15(2-6-27(35)36)1-5-25(21)34-13-18-8-20(34)12-26(18)37-14-19-11-24(33-32-19)28-22(30)9-17(10-23(28)31)16-3-4-16/h1,5,7,9-11,16,18,20,26H,2-4,6,8,12-14H2,(H,32,33)(H,35,36)/t18-,20-,26+/m0/s1. The van der Waals surface area contributed by atoms with Crippen LogP contribution in [0.3, 0.4) is 0 Å². The molecule has 1 aromatic heterocycles. The maximum atomic E-state index is 14.8. The molecule has 2 saturated carbocycles. The number of benzene rings is 2. The van der Waals surface area contributed by atoms with Crippen molar-refractivity contribution in [3.63, 3.8) is 0 Å². The van der Waals surface area contributed by atoms with Gasteiger partial charge >= 0.3 is 5.97 Å². The van der Waals surface area contributed by atoms with Gasteiger partial charge in [-0.2, -0.15) is 5.10 Å². The highest BCUT2D eigenvalue weighted by atomic mass is 19.1. The van der Waals surface area contributed by atoms with Crippen LogP contribution in [0, 0.1) is 23.4 Å². The Morgan fingerprint density at radius 2 is 1.86 bits per heavy atom. The van der Waals surface area contributed by atoms with E-state index in [9.17, 15) is 18.0 Å². The summed E-state index contributed by atoms with van der Waals surface area (Å²) in [5.74, 6) is -1.92. The summed E-state index contributed by atoms with van der Waals surface area (Å²) in [5.41, 5.74) is 2.66. The highest BCUT2D eigenvalue weighted by molar-refractivity contribution is 5.67. The van der Waals surface area contributed by atoms with Crippen LogP contribution in [0.5, 0.6) is 0 Å². The van der Waals surface area contributed by atoms with E-state index in [-0.39, 0.29) is 54.1 Å². The third-order valence-electron chi connectivity index (χ3n) is 7.88. The van der Waals surface area contributed by atoms with E-state index in [0.717, 1.165) is 25.7 Å². The molecule has 3 atom stereocenters. The number of carbonyl (C=O) groups is 1. The van der Waals surface area contributed by atoms with E-state index in [1.807, 2.05) is 0 Å². The molecule has 6 rings (SSSR count). The van der Waals surface area contributed by atoms with E-state index in [2.05, 4.69) is 15.1 Å². The van der Waals surface area contributed by atoms with Crippen LogP contribution in [0.2, 0.25) is 0 Å². The number of ether oxygens (including phenoxy) is 1. The molecule has 2 N–H and O–H groups in total. The Hall–Kier alpha value is -3.33. The Balaban J connectivity index is 1.06. The van der Waals surface area contributed by atoms with E-state index in [1.165, 1.54) is 18.2 Å². The maximum absolute atomic E-state index is 14.8. The van der Waals surface area contributed by atoms with Gasteiger partial charge in [0, 0.05) is 24.9 Å². The van der Waals surface area contributed by atoms with Crippen LogP contribution in [0.15, 0.2) is 36.4 Å². The fourth-order valence-electron chi connectivity index (χ4n) is 5.85. The molecular weight excluding hydrogens is 483 g/mol. The van der Waals surface area contributed by atoms with Crippen molar-refractivity contribution >= 4 is 11.7 Å². The lowest BCUT2D eigenvalue weighted by molar-refractivity contribution is -0.136. The lowest BCUT2D eigenvalue weighted by Gasteiger charge is -2.33. The van der Waals surface area contributed by atoms with Crippen LogP contribution in [0.1, 0.15) is 54.8 Å². The second kappa shape index (κ2) is 9.52. The summed E-state index contributed by atoms with van der Waals surface area (Å²) in [6, 6.07) is 9.58. The molecule has 2 heterocycles. The zero-order valence-electron chi connectivity index (χ0n) is 20.2. The Kier molecular flexibility index (Phi) is 6.18. The first-order valence-corrected chi connectivity index (χ1v) is 12.8. The summed E-state index contributed by atoms with van der Waals surface area (Å²) < 4.78 is 50.2. The molecule has 0 unspecified atom stereocenters. The van der Waals surface area contributed by atoms with Crippen molar-refractivity contribution in [1.29, 1.82) is 0 Å². The largest absolute Gasteiger partial charge is 0.481 e. The van der Waals surface area contributed by atoms with Crippen molar-refractivity contribution in [1.82, 2.24) is 10.2 Å². The van der Waals surface area contributed by atoms with Crippen LogP contribution >= 0.6 is 0 Å². The minimum atomic E-state index is -0.902. The Morgan fingerprint density at radius 3 is 2.51 bits per heavy atom. The fraction of sp³-hybridized carbons (Fsp3) is 0.429. The number of halogens is 3. The van der Waals surface area contributed by atoms with Crippen LogP contribution in [-0.4, -0.2) is 40.0 Å². The number of carboxylic acids is 1. The lowest BCUT2D eigenvalue weighted by atomic mass is 10.0. The summed E-state index contributed by atoms with van der Waals surface area (Å²) in [6.07, 6.45) is 3.89. The third-order valence-corrected chi connectivity index (χ3v) is 7.88. The summed E-state index contributed by atoms with van der Waals surface area (Å²) in [6.45, 7) is 0.926. The van der Waals surface area contributed by atoms with Crippen molar-refractivity contribution < 1.29 is 27.8 Å². The Morgan fingerprint density at radius 1 is 1.08 bits per heavy atom. The molecule has 194 valence electrons. The first-order chi connectivity index (χ1) is 17.9. The van der Waals surface area contributed by atoms with Gasteiger partial charge in [0.15, 0.2) is 0 Å². The van der Waals surface area contributed by atoms with E-state index in [0.29, 0.717) is 35.5 Å². The van der Waals surface area contributed by atoms with Crippen LogP contribution in [-0.2, 0) is 22.6 Å². The number of aliphatic carboxylic acids is 1. The number of aromatic nitrogens is 2. The van der Waals surface area contributed by atoms with Crippen LogP contribution in [0.4, 0.5) is 18.9 Å². The molecule has 3 fully saturated rings. The number of nitrogens with one attached hydrogen (secondary N) is 1. The summed E-state index contributed by atoms with van der Waals surface area (Å²) in [7, 11) is 0. The highest BCUT2D eigenvalue weighted by Gasteiger charge is 2.46. The SMILES string of the molecule is O=C(O)CCc1ccc(N2C[C@@H]3C[C@H]2C[C@H]3OCc2cc(-c3c(F)cc(C4CC4)cc3F)n[nH]2)c(F)c1. The lowest BCUT2D eigenvalue weighted by Crippen LogP contribution is -2.39. The molecule has 3 aromatic rings. The van der Waals surface area contributed by atoms with Crippen LogP contribution < -0.4 is 4.90 Å². The molecule has 2 bridgehead atoms. The zero-order chi connectivity index (χ0) is 25.7. The molecule has 1 aliphatic heterocycles. The normalized spacial score (nSPS) is 22.7. The van der Waals surface area contributed by atoms with Crippen molar-refractivity contribution in [3.8, 4) is 11.3 Å². The minimum Gasteiger partial charge on any atom is -0.481 e. The predicted octanol–water partition coefficient (Wildman–Crippen LogP) is 5.57. The number of rotatable bonds is 9. The topological polar surface area (TPSA) is 78.4 Å². The van der Waals surface area contributed by atoms with E-state index in [4.69, 9.17) is 9.84 Å². The quantitative estimate of drug-likeness (QED) is 0.393. The van der Waals surface area contributed by atoms with Gasteiger partial charge in [-0.3, -0.25) is 9.89 Å². The summed E-state index contributed by atoms with van der Waals surface area (Å²) in [4.78, 5) is 12.8. The smallest absolute Gasteiger partial charge is 0.303 e. The average molecular weight is 512 g/mol. The Bertz CT molecular complexity index is 1320. The van der Waals surface area contributed by atoms with Crippen molar-refractivity contribution in [2.24, 2.45) is 5.92 Å². The summed E-state index contributed by atoms with van der Waals surface area (Å²) in [5, 5.41) is 15.8. The predicted molar refractivity (Wildman–Crippen MR) is 131 cm³/mol. The van der Waals surface area contributed by atoms with Gasteiger partial charge in [0.05, 0.1) is 35.3 Å². The van der Waals surface area contributed by atoms with Crippen molar-refractivity contribution in [2.45, 2.75) is 63.2 Å². The number of aromatic amines is 1. The number of hydrogen-bond acceptors (Lipinski definition) is 4. The van der Waals surface area contributed by atoms with E-state index < -0.39 is 17.6 Å². The van der Waals surface area contributed by atoms with Gasteiger partial charge in [0.2, 0.25) is 0 Å². The fourth-order valence-corrected chi connectivity index (χ4v) is 5.85. The van der Waals surface area contributed by atoms with Crippen molar-refractivity contribution in [3.05, 3.63) is 70.7 Å². The van der Waals surface area contributed by atoms with Gasteiger partial charge < -0.3 is 14.7 Å². The number of carboxylic acid groups (broad SMARTS) is 1. The molecule has 2 aliphatic carbocycles. The third kappa shape index (κ3) is 4.84. The number of aryl methyl sites for hydroxylation is 1. The van der Waals surface area contributed by atoms with Gasteiger partial charge in [0.25, 0.3) is 0 Å². The maximum Gasteiger partial charge on any atom is 0.303 e.